The van der Waals surface area contributed by atoms with Gasteiger partial charge in [-0.3, -0.25) is 4.31 Å². The minimum atomic E-state index is -4.38. The van der Waals surface area contributed by atoms with Crippen molar-refractivity contribution in [3.8, 4) is 0 Å². The predicted octanol–water partition coefficient (Wildman–Crippen LogP) is 3.88. The number of alkyl halides is 3. The summed E-state index contributed by atoms with van der Waals surface area (Å²) in [6.45, 7) is 1.65. The highest BCUT2D eigenvalue weighted by Gasteiger charge is 2.45. The number of nitrogens with zero attached hydrogens (tertiary/aromatic N) is 2. The van der Waals surface area contributed by atoms with Crippen molar-refractivity contribution < 1.29 is 21.6 Å². The molecule has 1 aliphatic rings. The zero-order valence-electron chi connectivity index (χ0n) is 13.5. The first-order chi connectivity index (χ1) is 11.7. The average molecular weight is 390 g/mol. The Morgan fingerprint density at radius 2 is 2.04 bits per heavy atom. The van der Waals surface area contributed by atoms with Crippen molar-refractivity contribution in [1.29, 1.82) is 0 Å². The van der Waals surface area contributed by atoms with Crippen molar-refractivity contribution in [2.75, 3.05) is 16.6 Å². The summed E-state index contributed by atoms with van der Waals surface area (Å²) in [5.74, 6) is -1.78. The molecule has 0 amide bonds. The van der Waals surface area contributed by atoms with Crippen molar-refractivity contribution in [2.45, 2.75) is 31.9 Å². The van der Waals surface area contributed by atoms with Gasteiger partial charge in [0, 0.05) is 11.4 Å². The third kappa shape index (κ3) is 3.67. The Balaban J connectivity index is 1.88. The molecule has 3 rings (SSSR count). The molecule has 0 bridgehead atoms. The highest BCUT2D eigenvalue weighted by atomic mass is 32.2. The Labute approximate surface area is 148 Å². The van der Waals surface area contributed by atoms with Gasteiger partial charge in [0.15, 0.2) is 0 Å². The SMILES string of the molecule is Cc1ncsc1CCS(=O)(=O)N1CCC(C(F)(F)F)c2ccccc21. The number of benzene rings is 1. The lowest BCUT2D eigenvalue weighted by molar-refractivity contribution is -0.151. The van der Waals surface area contributed by atoms with E-state index in [4.69, 9.17) is 0 Å². The van der Waals surface area contributed by atoms with E-state index in [1.807, 2.05) is 6.92 Å². The molecule has 136 valence electrons. The van der Waals surface area contributed by atoms with Gasteiger partial charge in [0.2, 0.25) is 10.0 Å². The number of hydrogen-bond donors (Lipinski definition) is 0. The second-order valence-corrected chi connectivity index (χ2v) is 8.89. The molecule has 1 aromatic heterocycles. The van der Waals surface area contributed by atoms with Crippen LogP contribution in [0.1, 0.15) is 28.5 Å². The van der Waals surface area contributed by atoms with E-state index in [1.54, 1.807) is 11.6 Å². The number of anilines is 1. The van der Waals surface area contributed by atoms with Crippen LogP contribution in [0.3, 0.4) is 0 Å². The molecule has 0 aliphatic carbocycles. The zero-order valence-corrected chi connectivity index (χ0v) is 15.1. The summed E-state index contributed by atoms with van der Waals surface area (Å²) in [6.07, 6.45) is -4.34. The minimum absolute atomic E-state index is 0.0267. The van der Waals surface area contributed by atoms with Gasteiger partial charge in [-0.15, -0.1) is 11.3 Å². The highest BCUT2D eigenvalue weighted by Crippen LogP contribution is 2.45. The molecule has 0 spiro atoms. The molecule has 1 aliphatic heterocycles. The molecule has 0 fully saturated rings. The van der Waals surface area contributed by atoms with Gasteiger partial charge in [0.05, 0.1) is 28.6 Å². The molecule has 25 heavy (non-hydrogen) atoms. The summed E-state index contributed by atoms with van der Waals surface area (Å²) < 4.78 is 66.4. The van der Waals surface area contributed by atoms with E-state index in [1.165, 1.54) is 29.5 Å². The molecule has 2 heterocycles. The highest BCUT2D eigenvalue weighted by molar-refractivity contribution is 7.92. The van der Waals surface area contributed by atoms with Crippen LogP contribution >= 0.6 is 11.3 Å². The summed E-state index contributed by atoms with van der Waals surface area (Å²) in [7, 11) is -3.71. The van der Waals surface area contributed by atoms with Gasteiger partial charge in [-0.25, -0.2) is 13.4 Å². The first-order valence-electron chi connectivity index (χ1n) is 7.75. The average Bonchev–Trinajstić information content (AvgIpc) is 2.96. The number of sulfonamides is 1. The Hall–Kier alpha value is -1.61. The largest absolute Gasteiger partial charge is 0.395 e. The standard InChI is InChI=1S/C16H17F3N2O2S2/c1-11-15(24-10-20-11)7-9-25(22,23)21-8-6-13(16(17,18)19)12-4-2-3-5-14(12)21/h2-5,10,13H,6-9H2,1H3. The molecule has 0 N–H and O–H groups in total. The zero-order chi connectivity index (χ0) is 18.2. The number of aromatic nitrogens is 1. The molecule has 1 aromatic carbocycles. The molecule has 2 aromatic rings. The summed E-state index contributed by atoms with van der Waals surface area (Å²) in [5.41, 5.74) is 2.61. The van der Waals surface area contributed by atoms with E-state index in [0.29, 0.717) is 6.42 Å². The number of fused-ring (bicyclic) bond motifs is 1. The topological polar surface area (TPSA) is 50.3 Å². The Morgan fingerprint density at radius 1 is 1.32 bits per heavy atom. The number of hydrogen-bond acceptors (Lipinski definition) is 4. The van der Waals surface area contributed by atoms with Crippen LogP contribution in [0.4, 0.5) is 18.9 Å². The van der Waals surface area contributed by atoms with E-state index >= 15 is 0 Å². The van der Waals surface area contributed by atoms with Crippen molar-refractivity contribution in [2.24, 2.45) is 0 Å². The van der Waals surface area contributed by atoms with Crippen LogP contribution in [0.15, 0.2) is 29.8 Å². The Morgan fingerprint density at radius 3 is 2.68 bits per heavy atom. The van der Waals surface area contributed by atoms with E-state index in [0.717, 1.165) is 14.9 Å². The second-order valence-electron chi connectivity index (χ2n) is 5.94. The van der Waals surface area contributed by atoms with Gasteiger partial charge in [-0.05, 0) is 31.4 Å². The lowest BCUT2D eigenvalue weighted by Crippen LogP contribution is -2.41. The van der Waals surface area contributed by atoms with Gasteiger partial charge in [-0.1, -0.05) is 18.2 Å². The van der Waals surface area contributed by atoms with E-state index in [-0.39, 0.29) is 30.0 Å². The lowest BCUT2D eigenvalue weighted by Gasteiger charge is -2.35. The first kappa shape index (κ1) is 18.2. The fourth-order valence-corrected chi connectivity index (χ4v) is 5.50. The minimum Gasteiger partial charge on any atom is -0.270 e. The van der Waals surface area contributed by atoms with Gasteiger partial charge in [-0.2, -0.15) is 13.2 Å². The summed E-state index contributed by atoms with van der Waals surface area (Å²) in [6, 6.07) is 5.88. The van der Waals surface area contributed by atoms with Crippen LogP contribution in [-0.4, -0.2) is 31.9 Å². The van der Waals surface area contributed by atoms with Crippen LogP contribution in [0, 0.1) is 6.92 Å². The van der Waals surface area contributed by atoms with Gasteiger partial charge in [0.25, 0.3) is 0 Å². The predicted molar refractivity (Wildman–Crippen MR) is 91.5 cm³/mol. The van der Waals surface area contributed by atoms with E-state index in [9.17, 15) is 21.6 Å². The first-order valence-corrected chi connectivity index (χ1v) is 10.2. The molecule has 0 radical (unpaired) electrons. The van der Waals surface area contributed by atoms with Crippen LogP contribution in [0.25, 0.3) is 0 Å². The monoisotopic (exact) mass is 390 g/mol. The number of halogens is 3. The quantitative estimate of drug-likeness (QED) is 0.796. The summed E-state index contributed by atoms with van der Waals surface area (Å²) >= 11 is 1.38. The van der Waals surface area contributed by atoms with E-state index < -0.39 is 22.1 Å². The molecular weight excluding hydrogens is 373 g/mol. The van der Waals surface area contributed by atoms with Crippen molar-refractivity contribution in [3.63, 3.8) is 0 Å². The Bertz CT molecular complexity index is 862. The molecular formula is C16H17F3N2O2S2. The van der Waals surface area contributed by atoms with Gasteiger partial charge >= 0.3 is 6.18 Å². The van der Waals surface area contributed by atoms with Crippen molar-refractivity contribution >= 4 is 27.0 Å². The molecule has 9 heteroatoms. The maximum absolute atomic E-state index is 13.2. The number of thiazole rings is 1. The molecule has 1 atom stereocenters. The van der Waals surface area contributed by atoms with Gasteiger partial charge in [0.1, 0.15) is 0 Å². The summed E-state index contributed by atoms with van der Waals surface area (Å²) in [4.78, 5) is 4.96. The number of aryl methyl sites for hydroxylation is 2. The van der Waals surface area contributed by atoms with E-state index in [2.05, 4.69) is 4.98 Å². The smallest absolute Gasteiger partial charge is 0.270 e. The van der Waals surface area contributed by atoms with Gasteiger partial charge < -0.3 is 0 Å². The van der Waals surface area contributed by atoms with Crippen molar-refractivity contribution in [1.82, 2.24) is 4.98 Å². The van der Waals surface area contributed by atoms with Crippen LogP contribution in [0.5, 0.6) is 0 Å². The maximum Gasteiger partial charge on any atom is 0.395 e. The molecule has 4 nitrogen and oxygen atoms in total. The lowest BCUT2D eigenvalue weighted by atomic mass is 9.90. The maximum atomic E-state index is 13.2. The Kier molecular flexibility index (Phi) is 4.80. The third-order valence-electron chi connectivity index (χ3n) is 4.36. The molecule has 1 unspecified atom stereocenters. The molecule has 0 saturated carbocycles. The van der Waals surface area contributed by atoms with Crippen LogP contribution in [-0.2, 0) is 16.4 Å². The number of rotatable bonds is 4. The third-order valence-corrected chi connectivity index (χ3v) is 7.13. The fraction of sp³-hybridized carbons (Fsp3) is 0.438. The number of para-hydroxylation sites is 1. The van der Waals surface area contributed by atoms with Crippen LogP contribution in [0.2, 0.25) is 0 Å². The molecule has 0 saturated heterocycles. The fourth-order valence-electron chi connectivity index (χ4n) is 3.06. The summed E-state index contributed by atoms with van der Waals surface area (Å²) in [5, 5.41) is 0. The van der Waals surface area contributed by atoms with Crippen molar-refractivity contribution in [3.05, 3.63) is 45.9 Å². The normalized spacial score (nSPS) is 18.2. The van der Waals surface area contributed by atoms with Crippen LogP contribution < -0.4 is 4.31 Å². The second kappa shape index (κ2) is 6.60.